The number of hydrogen-bond acceptors (Lipinski definition) is 4. The monoisotopic (exact) mass is 268 g/mol. The number of nitrogens with two attached hydrogens (primary N) is 1. The molecule has 0 saturated heterocycles. The van der Waals surface area contributed by atoms with Crippen LogP contribution in [0.4, 0.5) is 5.82 Å². The molecule has 0 aliphatic heterocycles. The molecule has 0 bridgehead atoms. The molecule has 0 aliphatic carbocycles. The maximum atomic E-state index is 9.38. The molecular formula is C15H16N4O. The Labute approximate surface area is 116 Å². The molecule has 102 valence electrons. The molecule has 0 radical (unpaired) electrons. The number of hydrogen-bond donors (Lipinski definition) is 2. The molecule has 0 atom stereocenters. The first-order valence-electron chi connectivity index (χ1n) is 6.54. The van der Waals surface area contributed by atoms with Crippen LogP contribution in [0.5, 0.6) is 0 Å². The van der Waals surface area contributed by atoms with Gasteiger partial charge in [-0.3, -0.25) is 0 Å². The lowest BCUT2D eigenvalue weighted by Gasteiger charge is -2.09. The Morgan fingerprint density at radius 2 is 2.00 bits per heavy atom. The summed E-state index contributed by atoms with van der Waals surface area (Å²) in [5.41, 5.74) is 9.67. The molecule has 0 fully saturated rings. The van der Waals surface area contributed by atoms with Crippen LogP contribution in [0.15, 0.2) is 36.8 Å². The summed E-state index contributed by atoms with van der Waals surface area (Å²) in [7, 11) is 0. The van der Waals surface area contributed by atoms with E-state index in [4.69, 9.17) is 5.73 Å². The minimum absolute atomic E-state index is 0.0250. The quantitative estimate of drug-likeness (QED) is 0.762. The zero-order chi connectivity index (χ0) is 14.1. The summed E-state index contributed by atoms with van der Waals surface area (Å²) in [6.07, 6.45) is 4.30. The summed E-state index contributed by atoms with van der Waals surface area (Å²) in [4.78, 5) is 8.29. The van der Waals surface area contributed by atoms with Crippen LogP contribution in [-0.2, 0) is 13.0 Å². The highest BCUT2D eigenvalue weighted by atomic mass is 16.3. The van der Waals surface area contributed by atoms with Gasteiger partial charge in [0.2, 0.25) is 0 Å². The molecule has 3 rings (SSSR count). The van der Waals surface area contributed by atoms with Crippen molar-refractivity contribution in [2.45, 2.75) is 20.0 Å². The first-order valence-corrected chi connectivity index (χ1v) is 6.54. The third kappa shape index (κ3) is 2.02. The van der Waals surface area contributed by atoms with Gasteiger partial charge in [-0.25, -0.2) is 9.97 Å². The Balaban J connectivity index is 2.22. The second-order valence-corrected chi connectivity index (χ2v) is 4.70. The van der Waals surface area contributed by atoms with Crippen molar-refractivity contribution in [3.05, 3.63) is 47.9 Å². The zero-order valence-corrected chi connectivity index (χ0v) is 11.2. The Bertz CT molecular complexity index is 741. The lowest BCUT2D eigenvalue weighted by Crippen LogP contribution is -1.99. The Morgan fingerprint density at radius 1 is 1.20 bits per heavy atom. The second kappa shape index (κ2) is 4.94. The Hall–Kier alpha value is -2.40. The molecular weight excluding hydrogens is 252 g/mol. The largest absolute Gasteiger partial charge is 0.392 e. The average Bonchev–Trinajstić information content (AvgIpc) is 2.92. The highest BCUT2D eigenvalue weighted by Gasteiger charge is 2.09. The fourth-order valence-corrected chi connectivity index (χ4v) is 2.36. The van der Waals surface area contributed by atoms with Crippen molar-refractivity contribution in [2.75, 3.05) is 5.73 Å². The number of aromatic nitrogens is 3. The third-order valence-electron chi connectivity index (χ3n) is 3.42. The summed E-state index contributed by atoms with van der Waals surface area (Å²) in [5.74, 6) is 0.475. The maximum absolute atomic E-state index is 9.38. The number of rotatable bonds is 3. The van der Waals surface area contributed by atoms with Crippen molar-refractivity contribution in [3.63, 3.8) is 0 Å². The van der Waals surface area contributed by atoms with Crippen LogP contribution in [-0.4, -0.2) is 19.6 Å². The van der Waals surface area contributed by atoms with Crippen LogP contribution in [0.3, 0.4) is 0 Å². The zero-order valence-electron chi connectivity index (χ0n) is 11.2. The molecule has 2 aromatic heterocycles. The first-order chi connectivity index (χ1) is 9.72. The van der Waals surface area contributed by atoms with Crippen molar-refractivity contribution in [1.82, 2.24) is 14.5 Å². The van der Waals surface area contributed by atoms with E-state index in [1.807, 2.05) is 29.0 Å². The fourth-order valence-electron chi connectivity index (χ4n) is 2.36. The van der Waals surface area contributed by atoms with Crippen molar-refractivity contribution in [3.8, 4) is 5.69 Å². The van der Waals surface area contributed by atoms with Gasteiger partial charge in [0.25, 0.3) is 0 Å². The van der Waals surface area contributed by atoms with Crippen LogP contribution in [0.25, 0.3) is 16.7 Å². The molecule has 5 nitrogen and oxygen atoms in total. The predicted molar refractivity (Wildman–Crippen MR) is 78.6 cm³/mol. The van der Waals surface area contributed by atoms with Gasteiger partial charge >= 0.3 is 0 Å². The van der Waals surface area contributed by atoms with E-state index in [1.54, 1.807) is 0 Å². The van der Waals surface area contributed by atoms with Gasteiger partial charge < -0.3 is 15.4 Å². The van der Waals surface area contributed by atoms with Gasteiger partial charge in [-0.15, -0.1) is 0 Å². The first kappa shape index (κ1) is 12.6. The molecule has 1 aromatic carbocycles. The van der Waals surface area contributed by atoms with E-state index in [9.17, 15) is 5.11 Å². The van der Waals surface area contributed by atoms with E-state index in [1.165, 1.54) is 11.9 Å². The molecule has 0 unspecified atom stereocenters. The number of aryl methyl sites for hydroxylation is 1. The SMILES string of the molecule is CCc1cc(CO)cc(-n2ccc3c(N)ncnc32)c1. The predicted octanol–water partition coefficient (Wildman–Crippen LogP) is 2.06. The Kier molecular flexibility index (Phi) is 3.12. The average molecular weight is 268 g/mol. The molecule has 3 aromatic rings. The smallest absolute Gasteiger partial charge is 0.150 e. The maximum Gasteiger partial charge on any atom is 0.150 e. The van der Waals surface area contributed by atoms with Crippen LogP contribution in [0.1, 0.15) is 18.1 Å². The lowest BCUT2D eigenvalue weighted by molar-refractivity contribution is 0.281. The van der Waals surface area contributed by atoms with Gasteiger partial charge in [-0.2, -0.15) is 0 Å². The molecule has 0 saturated carbocycles. The standard InChI is InChI=1S/C15H16N4O/c1-2-10-5-11(8-20)7-12(6-10)19-4-3-13-14(16)17-9-18-15(13)19/h3-7,9,20H,2,8H2,1H3,(H2,16,17,18). The van der Waals surface area contributed by atoms with Crippen molar-refractivity contribution >= 4 is 16.9 Å². The summed E-state index contributed by atoms with van der Waals surface area (Å²) >= 11 is 0. The molecule has 20 heavy (non-hydrogen) atoms. The van der Waals surface area contributed by atoms with Gasteiger partial charge in [0.15, 0.2) is 0 Å². The number of nitrogen functional groups attached to an aromatic ring is 1. The fraction of sp³-hybridized carbons (Fsp3) is 0.200. The van der Waals surface area contributed by atoms with Crippen molar-refractivity contribution in [2.24, 2.45) is 0 Å². The van der Waals surface area contributed by atoms with Crippen LogP contribution < -0.4 is 5.73 Å². The Morgan fingerprint density at radius 3 is 2.75 bits per heavy atom. The lowest BCUT2D eigenvalue weighted by atomic mass is 10.1. The van der Waals surface area contributed by atoms with Crippen molar-refractivity contribution in [1.29, 1.82) is 0 Å². The van der Waals surface area contributed by atoms with E-state index in [-0.39, 0.29) is 6.61 Å². The minimum Gasteiger partial charge on any atom is -0.392 e. The van der Waals surface area contributed by atoms with Gasteiger partial charge in [0.1, 0.15) is 17.8 Å². The van der Waals surface area contributed by atoms with E-state index in [0.29, 0.717) is 5.82 Å². The minimum atomic E-state index is 0.0250. The van der Waals surface area contributed by atoms with E-state index in [2.05, 4.69) is 23.0 Å². The van der Waals surface area contributed by atoms with Gasteiger partial charge in [0, 0.05) is 11.9 Å². The van der Waals surface area contributed by atoms with Gasteiger partial charge in [-0.1, -0.05) is 13.0 Å². The third-order valence-corrected chi connectivity index (χ3v) is 3.42. The number of fused-ring (bicyclic) bond motifs is 1. The van der Waals surface area contributed by atoms with E-state index >= 15 is 0 Å². The summed E-state index contributed by atoms with van der Waals surface area (Å²) in [6.45, 7) is 2.12. The number of anilines is 1. The van der Waals surface area contributed by atoms with Crippen LogP contribution >= 0.6 is 0 Å². The highest BCUT2D eigenvalue weighted by Crippen LogP contribution is 2.23. The van der Waals surface area contributed by atoms with Crippen molar-refractivity contribution < 1.29 is 5.11 Å². The van der Waals surface area contributed by atoms with Gasteiger partial charge in [0.05, 0.1) is 12.0 Å². The number of aliphatic hydroxyl groups is 1. The summed E-state index contributed by atoms with van der Waals surface area (Å²) in [6, 6.07) is 7.97. The topological polar surface area (TPSA) is 77.0 Å². The van der Waals surface area contributed by atoms with E-state index < -0.39 is 0 Å². The molecule has 0 spiro atoms. The van der Waals surface area contributed by atoms with Crippen LogP contribution in [0.2, 0.25) is 0 Å². The molecule has 5 heteroatoms. The highest BCUT2D eigenvalue weighted by molar-refractivity contribution is 5.87. The van der Waals surface area contributed by atoms with E-state index in [0.717, 1.165) is 28.7 Å². The summed E-state index contributed by atoms with van der Waals surface area (Å²) < 4.78 is 1.96. The normalized spacial score (nSPS) is 11.1. The van der Waals surface area contributed by atoms with Gasteiger partial charge in [-0.05, 0) is 35.7 Å². The number of nitrogens with zero attached hydrogens (tertiary/aromatic N) is 3. The number of benzene rings is 1. The second-order valence-electron chi connectivity index (χ2n) is 4.70. The van der Waals surface area contributed by atoms with Crippen LogP contribution in [0, 0.1) is 0 Å². The molecule has 0 amide bonds. The molecule has 2 heterocycles. The summed E-state index contributed by atoms with van der Waals surface area (Å²) in [5, 5.41) is 10.2. The number of aliphatic hydroxyl groups excluding tert-OH is 1. The molecule has 0 aliphatic rings. The molecule has 3 N–H and O–H groups in total.